The van der Waals surface area contributed by atoms with E-state index >= 15 is 0 Å². The highest BCUT2D eigenvalue weighted by Gasteiger charge is 2.19. The van der Waals surface area contributed by atoms with Gasteiger partial charge in [0.05, 0.1) is 17.5 Å². The minimum atomic E-state index is -0.403. The van der Waals surface area contributed by atoms with Crippen LogP contribution < -0.4 is 5.32 Å². The Morgan fingerprint density at radius 3 is 2.60 bits per heavy atom. The standard InChI is InChI=1S/C24H22N4O2/c25-15-19(24(29)26-16-22-12-7-13-30-22)14-20-17-28(21-10-5-2-6-11-21)27-23(20)18-8-3-1-4-9-18/h1-6,8-11,14,17,22H,7,12-13,16H2,(H,26,29)/b19-14-/t22-/m1/s1. The normalized spacial score (nSPS) is 16.2. The highest BCUT2D eigenvalue weighted by Crippen LogP contribution is 2.25. The molecule has 2 aromatic carbocycles. The van der Waals surface area contributed by atoms with E-state index in [0.29, 0.717) is 17.8 Å². The molecule has 6 heteroatoms. The first-order chi connectivity index (χ1) is 14.7. The summed E-state index contributed by atoms with van der Waals surface area (Å²) >= 11 is 0. The molecular weight excluding hydrogens is 376 g/mol. The van der Waals surface area contributed by atoms with Crippen LogP contribution in [0.2, 0.25) is 0 Å². The monoisotopic (exact) mass is 398 g/mol. The van der Waals surface area contributed by atoms with Gasteiger partial charge in [-0.1, -0.05) is 48.5 Å². The number of aromatic nitrogens is 2. The second kappa shape index (κ2) is 9.21. The van der Waals surface area contributed by atoms with Gasteiger partial charge in [-0.2, -0.15) is 10.4 Å². The van der Waals surface area contributed by atoms with Gasteiger partial charge in [0.15, 0.2) is 0 Å². The largest absolute Gasteiger partial charge is 0.376 e. The Kier molecular flexibility index (Phi) is 6.02. The molecule has 1 N–H and O–H groups in total. The van der Waals surface area contributed by atoms with Gasteiger partial charge < -0.3 is 10.1 Å². The molecule has 1 aliphatic rings. The Morgan fingerprint density at radius 2 is 1.93 bits per heavy atom. The van der Waals surface area contributed by atoms with Gasteiger partial charge >= 0.3 is 0 Å². The maximum atomic E-state index is 12.6. The van der Waals surface area contributed by atoms with Crippen molar-refractivity contribution in [2.75, 3.05) is 13.2 Å². The summed E-state index contributed by atoms with van der Waals surface area (Å²) in [5.41, 5.74) is 3.26. The van der Waals surface area contributed by atoms with Gasteiger partial charge in [0.1, 0.15) is 11.6 Å². The minimum absolute atomic E-state index is 0.0228. The first kappa shape index (κ1) is 19.6. The molecule has 1 saturated heterocycles. The maximum Gasteiger partial charge on any atom is 0.262 e. The van der Waals surface area contributed by atoms with Crippen molar-refractivity contribution in [2.24, 2.45) is 0 Å². The summed E-state index contributed by atoms with van der Waals surface area (Å²) in [6.45, 7) is 1.13. The van der Waals surface area contributed by atoms with E-state index in [0.717, 1.165) is 30.7 Å². The summed E-state index contributed by atoms with van der Waals surface area (Å²) < 4.78 is 7.29. The molecule has 2 heterocycles. The van der Waals surface area contributed by atoms with Crippen molar-refractivity contribution in [3.05, 3.63) is 78.0 Å². The molecule has 6 nitrogen and oxygen atoms in total. The SMILES string of the molecule is N#C/C(=C/c1cn(-c2ccccc2)nc1-c1ccccc1)C(=O)NC[C@H]1CCCO1. The van der Waals surface area contributed by atoms with Crippen molar-refractivity contribution < 1.29 is 9.53 Å². The molecule has 0 saturated carbocycles. The van der Waals surface area contributed by atoms with Crippen molar-refractivity contribution in [1.82, 2.24) is 15.1 Å². The Labute approximate surface area is 175 Å². The number of ether oxygens (including phenoxy) is 1. The molecule has 0 radical (unpaired) electrons. The van der Waals surface area contributed by atoms with E-state index < -0.39 is 5.91 Å². The Bertz CT molecular complexity index is 1080. The Hall–Kier alpha value is -3.69. The number of amides is 1. The number of rotatable bonds is 6. The zero-order valence-electron chi connectivity index (χ0n) is 16.5. The fourth-order valence-corrected chi connectivity index (χ4v) is 3.44. The molecule has 150 valence electrons. The zero-order valence-corrected chi connectivity index (χ0v) is 16.5. The summed E-state index contributed by atoms with van der Waals surface area (Å²) in [6.07, 6.45) is 5.38. The zero-order chi connectivity index (χ0) is 20.8. The van der Waals surface area contributed by atoms with Gasteiger partial charge in [-0.05, 0) is 31.1 Å². The molecule has 1 atom stereocenters. The van der Waals surface area contributed by atoms with Crippen LogP contribution in [0.1, 0.15) is 18.4 Å². The van der Waals surface area contributed by atoms with Crippen LogP contribution >= 0.6 is 0 Å². The molecule has 1 fully saturated rings. The van der Waals surface area contributed by atoms with Gasteiger partial charge in [0.25, 0.3) is 5.91 Å². The number of carbonyl (C=O) groups excluding carboxylic acids is 1. The Balaban J connectivity index is 1.66. The number of nitrogens with one attached hydrogen (secondary N) is 1. The van der Waals surface area contributed by atoms with E-state index in [4.69, 9.17) is 9.84 Å². The Morgan fingerprint density at radius 1 is 1.20 bits per heavy atom. The van der Waals surface area contributed by atoms with Crippen LogP contribution in [0, 0.1) is 11.3 Å². The van der Waals surface area contributed by atoms with E-state index in [1.807, 2.05) is 72.9 Å². The minimum Gasteiger partial charge on any atom is -0.376 e. The predicted octanol–water partition coefficient (Wildman–Crippen LogP) is 3.74. The van der Waals surface area contributed by atoms with E-state index in [-0.39, 0.29) is 11.7 Å². The molecule has 4 rings (SSSR count). The molecule has 1 aromatic heterocycles. The average Bonchev–Trinajstić information content (AvgIpc) is 3.47. The molecule has 30 heavy (non-hydrogen) atoms. The molecule has 0 bridgehead atoms. The van der Waals surface area contributed by atoms with Crippen LogP contribution in [0.25, 0.3) is 23.0 Å². The topological polar surface area (TPSA) is 79.9 Å². The van der Waals surface area contributed by atoms with E-state index in [2.05, 4.69) is 5.32 Å². The molecule has 0 spiro atoms. The third-order valence-corrected chi connectivity index (χ3v) is 4.99. The lowest BCUT2D eigenvalue weighted by Crippen LogP contribution is -2.32. The lowest BCUT2D eigenvalue weighted by atomic mass is 10.1. The fourth-order valence-electron chi connectivity index (χ4n) is 3.44. The van der Waals surface area contributed by atoms with Crippen molar-refractivity contribution in [1.29, 1.82) is 5.26 Å². The number of hydrogen-bond acceptors (Lipinski definition) is 4. The lowest BCUT2D eigenvalue weighted by molar-refractivity contribution is -0.117. The maximum absolute atomic E-state index is 12.6. The van der Waals surface area contributed by atoms with E-state index in [1.54, 1.807) is 10.8 Å². The number of nitrogens with zero attached hydrogens (tertiary/aromatic N) is 3. The summed E-state index contributed by atoms with van der Waals surface area (Å²) in [5, 5.41) is 17.1. The van der Waals surface area contributed by atoms with E-state index in [1.165, 1.54) is 0 Å². The molecule has 3 aromatic rings. The van der Waals surface area contributed by atoms with Gasteiger partial charge in [-0.15, -0.1) is 0 Å². The summed E-state index contributed by atoms with van der Waals surface area (Å²) in [6, 6.07) is 21.5. The van der Waals surface area contributed by atoms with Crippen molar-refractivity contribution >= 4 is 12.0 Å². The lowest BCUT2D eigenvalue weighted by Gasteiger charge is -2.10. The van der Waals surface area contributed by atoms with Gasteiger partial charge in [0, 0.05) is 30.5 Å². The summed E-state index contributed by atoms with van der Waals surface area (Å²) in [4.78, 5) is 12.6. The van der Waals surface area contributed by atoms with Crippen LogP contribution in [0.5, 0.6) is 0 Å². The number of para-hydroxylation sites is 1. The predicted molar refractivity (Wildman–Crippen MR) is 115 cm³/mol. The number of nitriles is 1. The van der Waals surface area contributed by atoms with Crippen LogP contribution in [0.3, 0.4) is 0 Å². The van der Waals surface area contributed by atoms with Crippen molar-refractivity contribution in [2.45, 2.75) is 18.9 Å². The quantitative estimate of drug-likeness (QED) is 0.507. The van der Waals surface area contributed by atoms with Gasteiger partial charge in [0.2, 0.25) is 0 Å². The van der Waals surface area contributed by atoms with Crippen LogP contribution in [-0.2, 0) is 9.53 Å². The third-order valence-electron chi connectivity index (χ3n) is 4.99. The fraction of sp³-hybridized carbons (Fsp3) is 0.208. The second-order valence-corrected chi connectivity index (χ2v) is 7.09. The molecule has 0 aliphatic carbocycles. The summed E-state index contributed by atoms with van der Waals surface area (Å²) in [5.74, 6) is -0.403. The second-order valence-electron chi connectivity index (χ2n) is 7.09. The first-order valence-corrected chi connectivity index (χ1v) is 9.96. The molecule has 1 aliphatic heterocycles. The number of benzene rings is 2. The third kappa shape index (κ3) is 4.48. The van der Waals surface area contributed by atoms with Crippen LogP contribution in [0.15, 0.2) is 72.4 Å². The van der Waals surface area contributed by atoms with Crippen LogP contribution in [0.4, 0.5) is 0 Å². The van der Waals surface area contributed by atoms with Crippen molar-refractivity contribution in [3.8, 4) is 23.0 Å². The number of hydrogen-bond donors (Lipinski definition) is 1. The molecular formula is C24H22N4O2. The van der Waals surface area contributed by atoms with Gasteiger partial charge in [-0.25, -0.2) is 4.68 Å². The van der Waals surface area contributed by atoms with Crippen LogP contribution in [-0.4, -0.2) is 34.9 Å². The average molecular weight is 398 g/mol. The molecule has 0 unspecified atom stereocenters. The van der Waals surface area contributed by atoms with Gasteiger partial charge in [-0.3, -0.25) is 4.79 Å². The highest BCUT2D eigenvalue weighted by atomic mass is 16.5. The van der Waals surface area contributed by atoms with E-state index in [9.17, 15) is 10.1 Å². The first-order valence-electron chi connectivity index (χ1n) is 9.96. The van der Waals surface area contributed by atoms with Crippen molar-refractivity contribution in [3.63, 3.8) is 0 Å². The highest BCUT2D eigenvalue weighted by molar-refractivity contribution is 6.02. The smallest absolute Gasteiger partial charge is 0.262 e. The molecule has 1 amide bonds. The summed E-state index contributed by atoms with van der Waals surface area (Å²) in [7, 11) is 0. The number of carbonyl (C=O) groups is 1.